The Morgan fingerprint density at radius 2 is 1.87 bits per heavy atom. The fourth-order valence-electron chi connectivity index (χ4n) is 2.33. The fourth-order valence-corrected chi connectivity index (χ4v) is 2.90. The van der Waals surface area contributed by atoms with Gasteiger partial charge in [-0.3, -0.25) is 0 Å². The van der Waals surface area contributed by atoms with Crippen molar-refractivity contribution in [2.45, 2.75) is 6.92 Å². The molecule has 0 saturated heterocycles. The molecule has 0 aliphatic carbocycles. The Balaban J connectivity index is 1.88. The van der Waals surface area contributed by atoms with Crippen LogP contribution in [0.1, 0.15) is 17.3 Å². The Hall–Kier alpha value is -2.33. The lowest BCUT2D eigenvalue weighted by Crippen LogP contribution is -2.09. The minimum atomic E-state index is -0.414. The van der Waals surface area contributed by atoms with Gasteiger partial charge in [-0.1, -0.05) is 36.4 Å². The van der Waals surface area contributed by atoms with Crippen molar-refractivity contribution in [3.63, 3.8) is 0 Å². The first-order valence-corrected chi connectivity index (χ1v) is 8.10. The first-order chi connectivity index (χ1) is 11.2. The Morgan fingerprint density at radius 1 is 1.04 bits per heavy atom. The second-order valence-electron chi connectivity index (χ2n) is 4.95. The summed E-state index contributed by atoms with van der Waals surface area (Å²) in [5, 5.41) is 2.08. The molecule has 0 aliphatic heterocycles. The molecule has 0 aromatic heterocycles. The van der Waals surface area contributed by atoms with Crippen LogP contribution in [0.3, 0.4) is 0 Å². The van der Waals surface area contributed by atoms with Crippen molar-refractivity contribution < 1.29 is 14.3 Å². The SMILES string of the molecule is CCOc1cccc(C(=O)Oc2ccc3ccccc3c2Br)c1. The van der Waals surface area contributed by atoms with Gasteiger partial charge in [0.25, 0.3) is 0 Å². The van der Waals surface area contributed by atoms with Crippen LogP contribution in [0.2, 0.25) is 0 Å². The average molecular weight is 371 g/mol. The summed E-state index contributed by atoms with van der Waals surface area (Å²) < 4.78 is 11.7. The third-order valence-corrected chi connectivity index (χ3v) is 4.23. The third kappa shape index (κ3) is 3.37. The van der Waals surface area contributed by atoms with Gasteiger partial charge in [-0.25, -0.2) is 4.79 Å². The average Bonchev–Trinajstić information content (AvgIpc) is 2.58. The van der Waals surface area contributed by atoms with Crippen LogP contribution in [0, 0.1) is 0 Å². The summed E-state index contributed by atoms with van der Waals surface area (Å²) in [6, 6.07) is 18.6. The van der Waals surface area contributed by atoms with E-state index in [1.54, 1.807) is 24.3 Å². The van der Waals surface area contributed by atoms with E-state index in [1.807, 2.05) is 43.3 Å². The van der Waals surface area contributed by atoms with Crippen molar-refractivity contribution in [3.8, 4) is 11.5 Å². The fraction of sp³-hybridized carbons (Fsp3) is 0.105. The molecule has 0 atom stereocenters. The molecule has 4 heteroatoms. The highest BCUT2D eigenvalue weighted by molar-refractivity contribution is 9.10. The largest absolute Gasteiger partial charge is 0.494 e. The molecule has 0 radical (unpaired) electrons. The van der Waals surface area contributed by atoms with Crippen LogP contribution in [-0.2, 0) is 0 Å². The summed E-state index contributed by atoms with van der Waals surface area (Å²) in [7, 11) is 0. The van der Waals surface area contributed by atoms with Gasteiger partial charge in [0.1, 0.15) is 11.5 Å². The highest BCUT2D eigenvalue weighted by Crippen LogP contribution is 2.33. The number of carbonyl (C=O) groups is 1. The molecule has 0 aliphatic rings. The highest BCUT2D eigenvalue weighted by atomic mass is 79.9. The predicted molar refractivity (Wildman–Crippen MR) is 94.2 cm³/mol. The maximum Gasteiger partial charge on any atom is 0.343 e. The predicted octanol–water partition coefficient (Wildman–Crippen LogP) is 5.22. The number of hydrogen-bond acceptors (Lipinski definition) is 3. The van der Waals surface area contributed by atoms with Gasteiger partial charge in [-0.15, -0.1) is 0 Å². The van der Waals surface area contributed by atoms with Gasteiger partial charge in [-0.05, 0) is 57.9 Å². The number of hydrogen-bond donors (Lipinski definition) is 0. The smallest absolute Gasteiger partial charge is 0.343 e. The van der Waals surface area contributed by atoms with Crippen molar-refractivity contribution in [1.82, 2.24) is 0 Å². The van der Waals surface area contributed by atoms with E-state index in [4.69, 9.17) is 9.47 Å². The second-order valence-corrected chi connectivity index (χ2v) is 5.74. The summed E-state index contributed by atoms with van der Waals surface area (Å²) in [6.45, 7) is 2.45. The Bertz CT molecular complexity index is 858. The van der Waals surface area contributed by atoms with Gasteiger partial charge in [0.2, 0.25) is 0 Å². The Labute approximate surface area is 143 Å². The second kappa shape index (κ2) is 6.84. The van der Waals surface area contributed by atoms with Gasteiger partial charge >= 0.3 is 5.97 Å². The van der Waals surface area contributed by atoms with Gasteiger partial charge in [-0.2, -0.15) is 0 Å². The van der Waals surface area contributed by atoms with Crippen molar-refractivity contribution in [2.24, 2.45) is 0 Å². The van der Waals surface area contributed by atoms with Crippen molar-refractivity contribution in [1.29, 1.82) is 0 Å². The zero-order chi connectivity index (χ0) is 16.2. The minimum Gasteiger partial charge on any atom is -0.494 e. The molecule has 0 fully saturated rings. The topological polar surface area (TPSA) is 35.5 Å². The highest BCUT2D eigenvalue weighted by Gasteiger charge is 2.13. The van der Waals surface area contributed by atoms with Gasteiger partial charge in [0.15, 0.2) is 0 Å². The summed E-state index contributed by atoms with van der Waals surface area (Å²) in [5.41, 5.74) is 0.455. The summed E-state index contributed by atoms with van der Waals surface area (Å²) in [6.07, 6.45) is 0. The lowest BCUT2D eigenvalue weighted by atomic mass is 10.1. The van der Waals surface area contributed by atoms with Crippen LogP contribution in [0.15, 0.2) is 65.1 Å². The van der Waals surface area contributed by atoms with E-state index in [1.165, 1.54) is 0 Å². The van der Waals surface area contributed by atoms with Crippen molar-refractivity contribution in [3.05, 3.63) is 70.7 Å². The van der Waals surface area contributed by atoms with E-state index in [9.17, 15) is 4.79 Å². The maximum absolute atomic E-state index is 12.4. The molecule has 0 bridgehead atoms. The van der Waals surface area contributed by atoms with Gasteiger partial charge in [0, 0.05) is 0 Å². The Morgan fingerprint density at radius 3 is 2.70 bits per heavy atom. The van der Waals surface area contributed by atoms with E-state index in [-0.39, 0.29) is 0 Å². The van der Waals surface area contributed by atoms with E-state index in [2.05, 4.69) is 15.9 Å². The van der Waals surface area contributed by atoms with E-state index in [0.29, 0.717) is 23.7 Å². The molecular weight excluding hydrogens is 356 g/mol. The number of rotatable bonds is 4. The van der Waals surface area contributed by atoms with E-state index >= 15 is 0 Å². The number of ether oxygens (including phenoxy) is 2. The molecule has 0 heterocycles. The monoisotopic (exact) mass is 370 g/mol. The zero-order valence-electron chi connectivity index (χ0n) is 12.6. The first-order valence-electron chi connectivity index (χ1n) is 7.31. The zero-order valence-corrected chi connectivity index (χ0v) is 14.2. The summed E-state index contributed by atoms with van der Waals surface area (Å²) >= 11 is 3.52. The normalized spacial score (nSPS) is 10.5. The molecule has 0 amide bonds. The van der Waals surface area contributed by atoms with Crippen LogP contribution >= 0.6 is 15.9 Å². The van der Waals surface area contributed by atoms with Crippen molar-refractivity contribution in [2.75, 3.05) is 6.61 Å². The van der Waals surface area contributed by atoms with Crippen LogP contribution in [-0.4, -0.2) is 12.6 Å². The number of fused-ring (bicyclic) bond motifs is 1. The number of benzene rings is 3. The molecule has 23 heavy (non-hydrogen) atoms. The van der Waals surface area contributed by atoms with Gasteiger partial charge in [0.05, 0.1) is 16.6 Å². The number of carbonyl (C=O) groups excluding carboxylic acids is 1. The van der Waals surface area contributed by atoms with Crippen LogP contribution in [0.5, 0.6) is 11.5 Å². The molecule has 3 rings (SSSR count). The third-order valence-electron chi connectivity index (χ3n) is 3.41. The molecule has 0 spiro atoms. The minimum absolute atomic E-state index is 0.414. The number of halogens is 1. The van der Waals surface area contributed by atoms with Crippen molar-refractivity contribution >= 4 is 32.7 Å². The van der Waals surface area contributed by atoms with Crippen LogP contribution < -0.4 is 9.47 Å². The maximum atomic E-state index is 12.4. The summed E-state index contributed by atoms with van der Waals surface area (Å²) in [4.78, 5) is 12.4. The quantitative estimate of drug-likeness (QED) is 0.466. The molecule has 3 aromatic rings. The summed E-state index contributed by atoms with van der Waals surface area (Å²) in [5.74, 6) is 0.734. The molecule has 3 aromatic carbocycles. The lowest BCUT2D eigenvalue weighted by molar-refractivity contribution is 0.0733. The number of esters is 1. The van der Waals surface area contributed by atoms with Crippen LogP contribution in [0.25, 0.3) is 10.8 Å². The van der Waals surface area contributed by atoms with E-state index < -0.39 is 5.97 Å². The van der Waals surface area contributed by atoms with Crippen LogP contribution in [0.4, 0.5) is 0 Å². The molecule has 116 valence electrons. The van der Waals surface area contributed by atoms with Gasteiger partial charge < -0.3 is 9.47 Å². The lowest BCUT2D eigenvalue weighted by Gasteiger charge is -2.10. The molecule has 3 nitrogen and oxygen atoms in total. The first kappa shape index (κ1) is 15.6. The Kier molecular flexibility index (Phi) is 4.63. The van der Waals surface area contributed by atoms with E-state index in [0.717, 1.165) is 15.2 Å². The molecule has 0 N–H and O–H groups in total. The molecule has 0 unspecified atom stereocenters. The molecule has 0 saturated carbocycles. The standard InChI is InChI=1S/C19H15BrO3/c1-2-22-15-8-5-7-14(12-15)19(21)23-17-11-10-13-6-3-4-9-16(13)18(17)20/h3-12H,2H2,1H3. The molecular formula is C19H15BrO3.